The van der Waals surface area contributed by atoms with Gasteiger partial charge in [-0.2, -0.15) is 0 Å². The van der Waals surface area contributed by atoms with Gasteiger partial charge in [-0.1, -0.05) is 42.8 Å². The van der Waals surface area contributed by atoms with Crippen molar-refractivity contribution in [1.82, 2.24) is 20.1 Å². The second-order valence-corrected chi connectivity index (χ2v) is 9.37. The van der Waals surface area contributed by atoms with Crippen LogP contribution in [0.1, 0.15) is 36.5 Å². The van der Waals surface area contributed by atoms with Gasteiger partial charge in [-0.05, 0) is 62.6 Å². The number of amides is 2. The van der Waals surface area contributed by atoms with Crippen LogP contribution in [0, 0.1) is 20.8 Å². The predicted molar refractivity (Wildman–Crippen MR) is 140 cm³/mol. The Morgan fingerprint density at radius 1 is 1.03 bits per heavy atom. The number of rotatable bonds is 11. The van der Waals surface area contributed by atoms with Gasteiger partial charge in [-0.25, -0.2) is 0 Å². The zero-order valence-electron chi connectivity index (χ0n) is 21.0. The van der Waals surface area contributed by atoms with E-state index in [4.69, 9.17) is 4.74 Å². The first-order valence-corrected chi connectivity index (χ1v) is 12.7. The molecule has 0 bridgehead atoms. The molecule has 2 N–H and O–H groups in total. The Morgan fingerprint density at radius 3 is 2.34 bits per heavy atom. The minimum atomic E-state index is -0.258. The molecule has 3 aromatic rings. The third kappa shape index (κ3) is 7.08. The first kappa shape index (κ1) is 26.3. The minimum Gasteiger partial charge on any atom is -0.497 e. The summed E-state index contributed by atoms with van der Waals surface area (Å²) in [6.45, 7) is 8.73. The van der Waals surface area contributed by atoms with Crippen molar-refractivity contribution in [1.29, 1.82) is 0 Å². The Morgan fingerprint density at radius 2 is 1.71 bits per heavy atom. The topological polar surface area (TPSA) is 98.1 Å². The fraction of sp³-hybridized carbons (Fsp3) is 0.385. The molecule has 35 heavy (non-hydrogen) atoms. The van der Waals surface area contributed by atoms with Gasteiger partial charge in [0.15, 0.2) is 11.0 Å². The molecule has 2 aromatic carbocycles. The number of hydrogen-bond acceptors (Lipinski definition) is 6. The SMILES string of the molecule is CCCCn1c(SCC(=O)NCC(=O)Nc2c(C)cc(C)cc2C)nnc1-c1ccc(OC)cc1. The van der Waals surface area contributed by atoms with Gasteiger partial charge in [0.2, 0.25) is 11.8 Å². The Balaban J connectivity index is 1.59. The maximum atomic E-state index is 12.4. The third-order valence-electron chi connectivity index (χ3n) is 5.52. The number of nitrogens with zero attached hydrogens (tertiary/aromatic N) is 3. The first-order chi connectivity index (χ1) is 16.8. The molecule has 186 valence electrons. The molecule has 0 atom stereocenters. The molecule has 0 radical (unpaired) electrons. The molecule has 8 nitrogen and oxygen atoms in total. The number of unbranched alkanes of at least 4 members (excludes halogenated alkanes) is 1. The van der Waals surface area contributed by atoms with Crippen molar-refractivity contribution in [3.8, 4) is 17.1 Å². The van der Waals surface area contributed by atoms with E-state index in [1.165, 1.54) is 11.8 Å². The minimum absolute atomic E-state index is 0.0915. The van der Waals surface area contributed by atoms with Gasteiger partial charge in [-0.15, -0.1) is 10.2 Å². The fourth-order valence-corrected chi connectivity index (χ4v) is 4.58. The molecule has 0 saturated heterocycles. The number of carbonyl (C=O) groups is 2. The summed E-state index contributed by atoms with van der Waals surface area (Å²) in [6.07, 6.45) is 2.00. The molecule has 0 unspecified atom stereocenters. The Hall–Kier alpha value is -3.33. The molecule has 1 aromatic heterocycles. The van der Waals surface area contributed by atoms with E-state index in [-0.39, 0.29) is 24.1 Å². The average Bonchev–Trinajstić information content (AvgIpc) is 3.24. The van der Waals surface area contributed by atoms with E-state index in [1.54, 1.807) is 7.11 Å². The van der Waals surface area contributed by atoms with Gasteiger partial charge in [0.25, 0.3) is 0 Å². The van der Waals surface area contributed by atoms with Crippen LogP contribution in [-0.2, 0) is 16.1 Å². The smallest absolute Gasteiger partial charge is 0.243 e. The predicted octanol–water partition coefficient (Wildman–Crippen LogP) is 4.53. The van der Waals surface area contributed by atoms with Crippen molar-refractivity contribution in [2.24, 2.45) is 0 Å². The normalized spacial score (nSPS) is 10.8. The summed E-state index contributed by atoms with van der Waals surface area (Å²) >= 11 is 1.31. The molecule has 0 saturated carbocycles. The summed E-state index contributed by atoms with van der Waals surface area (Å²) in [5.74, 6) is 1.18. The monoisotopic (exact) mass is 495 g/mol. The molecule has 2 amide bonds. The number of methoxy groups -OCH3 is 1. The molecule has 1 heterocycles. The second-order valence-electron chi connectivity index (χ2n) is 8.43. The highest BCUT2D eigenvalue weighted by atomic mass is 32.2. The molecular formula is C26H33N5O3S. The molecule has 9 heteroatoms. The summed E-state index contributed by atoms with van der Waals surface area (Å²) in [5.41, 5.74) is 4.86. The van der Waals surface area contributed by atoms with Crippen molar-refractivity contribution >= 4 is 29.3 Å². The number of nitrogens with one attached hydrogen (secondary N) is 2. The number of aromatic nitrogens is 3. The summed E-state index contributed by atoms with van der Waals surface area (Å²) in [5, 5.41) is 15.0. The summed E-state index contributed by atoms with van der Waals surface area (Å²) < 4.78 is 7.28. The van der Waals surface area contributed by atoms with Crippen molar-refractivity contribution < 1.29 is 14.3 Å². The summed E-state index contributed by atoms with van der Waals surface area (Å²) in [6, 6.07) is 11.7. The van der Waals surface area contributed by atoms with E-state index in [1.807, 2.05) is 61.7 Å². The summed E-state index contributed by atoms with van der Waals surface area (Å²) in [4.78, 5) is 24.8. The molecule has 0 spiro atoms. The molecule has 0 aliphatic carbocycles. The van der Waals surface area contributed by atoms with Crippen LogP contribution in [0.2, 0.25) is 0 Å². The number of ether oxygens (including phenoxy) is 1. The van der Waals surface area contributed by atoms with Crippen molar-refractivity contribution in [3.63, 3.8) is 0 Å². The van der Waals surface area contributed by atoms with E-state index >= 15 is 0 Å². The maximum absolute atomic E-state index is 12.4. The van der Waals surface area contributed by atoms with Crippen LogP contribution < -0.4 is 15.4 Å². The van der Waals surface area contributed by atoms with Gasteiger partial charge in [0, 0.05) is 17.8 Å². The van der Waals surface area contributed by atoms with E-state index in [0.717, 1.165) is 58.9 Å². The summed E-state index contributed by atoms with van der Waals surface area (Å²) in [7, 11) is 1.63. The van der Waals surface area contributed by atoms with Crippen LogP contribution >= 0.6 is 11.8 Å². The lowest BCUT2D eigenvalue weighted by molar-refractivity contribution is -0.122. The highest BCUT2D eigenvalue weighted by molar-refractivity contribution is 7.99. The Kier molecular flexibility index (Phi) is 9.31. The van der Waals surface area contributed by atoms with Crippen LogP contribution in [0.3, 0.4) is 0 Å². The Labute approximate surface area is 210 Å². The van der Waals surface area contributed by atoms with Gasteiger partial charge >= 0.3 is 0 Å². The van der Waals surface area contributed by atoms with Gasteiger partial charge in [0.1, 0.15) is 5.75 Å². The number of anilines is 1. The number of thioether (sulfide) groups is 1. The lowest BCUT2D eigenvalue weighted by atomic mass is 10.1. The van der Waals surface area contributed by atoms with E-state index in [2.05, 4.69) is 27.8 Å². The van der Waals surface area contributed by atoms with E-state index < -0.39 is 0 Å². The number of hydrogen-bond donors (Lipinski definition) is 2. The van der Waals surface area contributed by atoms with Crippen molar-refractivity contribution in [2.45, 2.75) is 52.2 Å². The van der Waals surface area contributed by atoms with Crippen LogP contribution in [-0.4, -0.2) is 46.0 Å². The molecule has 0 aliphatic rings. The molecular weight excluding hydrogens is 462 g/mol. The number of carbonyl (C=O) groups excluding carboxylic acids is 2. The third-order valence-corrected chi connectivity index (χ3v) is 6.49. The van der Waals surface area contributed by atoms with Crippen molar-refractivity contribution in [2.75, 3.05) is 24.7 Å². The highest BCUT2D eigenvalue weighted by Gasteiger charge is 2.16. The highest BCUT2D eigenvalue weighted by Crippen LogP contribution is 2.26. The molecule has 0 fully saturated rings. The molecule has 0 aliphatic heterocycles. The van der Waals surface area contributed by atoms with E-state index in [0.29, 0.717) is 5.16 Å². The van der Waals surface area contributed by atoms with Crippen LogP contribution in [0.4, 0.5) is 5.69 Å². The average molecular weight is 496 g/mol. The van der Waals surface area contributed by atoms with Crippen LogP contribution in [0.5, 0.6) is 5.75 Å². The Bertz CT molecular complexity index is 1150. The number of benzene rings is 2. The lowest BCUT2D eigenvalue weighted by Crippen LogP contribution is -2.34. The first-order valence-electron chi connectivity index (χ1n) is 11.7. The number of aryl methyl sites for hydroxylation is 3. The van der Waals surface area contributed by atoms with Crippen LogP contribution in [0.25, 0.3) is 11.4 Å². The van der Waals surface area contributed by atoms with Gasteiger partial charge < -0.3 is 19.9 Å². The standard InChI is InChI=1S/C26H33N5O3S/c1-6-7-12-31-25(20-8-10-21(34-5)11-9-20)29-30-26(31)35-16-23(33)27-15-22(32)28-24-18(3)13-17(2)14-19(24)4/h8-11,13-14H,6-7,12,15-16H2,1-5H3,(H,27,33)(H,28,32). The zero-order valence-corrected chi connectivity index (χ0v) is 21.8. The fourth-order valence-electron chi connectivity index (χ4n) is 3.79. The van der Waals surface area contributed by atoms with Crippen molar-refractivity contribution in [3.05, 3.63) is 53.1 Å². The second kappa shape index (κ2) is 12.4. The lowest BCUT2D eigenvalue weighted by Gasteiger charge is -2.13. The van der Waals surface area contributed by atoms with Gasteiger partial charge in [0.05, 0.1) is 19.4 Å². The maximum Gasteiger partial charge on any atom is 0.243 e. The quantitative estimate of drug-likeness (QED) is 0.380. The van der Waals surface area contributed by atoms with E-state index in [9.17, 15) is 9.59 Å². The largest absolute Gasteiger partial charge is 0.497 e. The molecule has 3 rings (SSSR count). The van der Waals surface area contributed by atoms with Crippen LogP contribution in [0.15, 0.2) is 41.6 Å². The zero-order chi connectivity index (χ0) is 25.4. The van der Waals surface area contributed by atoms with Gasteiger partial charge in [-0.3, -0.25) is 9.59 Å².